The molecule has 0 atom stereocenters. The number of halogens is 1. The molecule has 27 heavy (non-hydrogen) atoms. The summed E-state index contributed by atoms with van der Waals surface area (Å²) in [5.74, 6) is 1.71. The van der Waals surface area contributed by atoms with Crippen molar-refractivity contribution in [1.82, 2.24) is 9.97 Å². The van der Waals surface area contributed by atoms with Crippen LogP contribution in [-0.4, -0.2) is 23.1 Å². The molecule has 138 valence electrons. The van der Waals surface area contributed by atoms with Crippen molar-refractivity contribution in [3.63, 3.8) is 0 Å². The van der Waals surface area contributed by atoms with Gasteiger partial charge in [0.2, 0.25) is 0 Å². The second-order valence-electron chi connectivity index (χ2n) is 6.51. The summed E-state index contributed by atoms with van der Waals surface area (Å²) in [6, 6.07) is 12.2. The van der Waals surface area contributed by atoms with E-state index in [0.717, 1.165) is 45.6 Å². The number of hydrogen-bond donors (Lipinski definition) is 1. The molecule has 1 aromatic heterocycles. The van der Waals surface area contributed by atoms with Gasteiger partial charge < -0.3 is 15.0 Å². The predicted octanol–water partition coefficient (Wildman–Crippen LogP) is 5.27. The van der Waals surface area contributed by atoms with Gasteiger partial charge in [-0.2, -0.15) is 0 Å². The first-order valence-electron chi connectivity index (χ1n) is 9.02. The van der Waals surface area contributed by atoms with Crippen LogP contribution in [0.15, 0.2) is 48.9 Å². The lowest BCUT2D eigenvalue weighted by Gasteiger charge is -2.33. The standard InChI is InChI=1S/C21H21ClN4O/c1-3-15-10-20-18(11-17(15)22)25-19-12-23-13-24-21(19)26(20)8-9-27-16-6-4-14(2)5-7-16/h4-7,10-13,25H,3,8-9H2,1-2H3. The molecule has 0 aliphatic carbocycles. The highest BCUT2D eigenvalue weighted by Crippen LogP contribution is 2.43. The first kappa shape index (κ1) is 17.6. The second-order valence-corrected chi connectivity index (χ2v) is 6.92. The molecule has 4 rings (SSSR count). The van der Waals surface area contributed by atoms with Crippen molar-refractivity contribution >= 4 is 34.5 Å². The van der Waals surface area contributed by atoms with E-state index in [1.54, 1.807) is 12.5 Å². The summed E-state index contributed by atoms with van der Waals surface area (Å²) in [7, 11) is 0. The van der Waals surface area contributed by atoms with Crippen LogP contribution in [0.2, 0.25) is 5.02 Å². The fourth-order valence-electron chi connectivity index (χ4n) is 3.20. The van der Waals surface area contributed by atoms with Gasteiger partial charge in [0.15, 0.2) is 5.82 Å². The molecule has 0 spiro atoms. The third-order valence-corrected chi connectivity index (χ3v) is 5.01. The van der Waals surface area contributed by atoms with E-state index < -0.39 is 0 Å². The summed E-state index contributed by atoms with van der Waals surface area (Å²) in [6.45, 7) is 5.37. The van der Waals surface area contributed by atoms with Crippen LogP contribution in [0.1, 0.15) is 18.1 Å². The largest absolute Gasteiger partial charge is 0.492 e. The van der Waals surface area contributed by atoms with Crippen molar-refractivity contribution in [1.29, 1.82) is 0 Å². The van der Waals surface area contributed by atoms with Crippen LogP contribution in [0, 0.1) is 6.92 Å². The minimum atomic E-state index is 0.538. The minimum Gasteiger partial charge on any atom is -0.492 e. The summed E-state index contributed by atoms with van der Waals surface area (Å²) >= 11 is 6.42. The molecule has 2 heterocycles. The first-order chi connectivity index (χ1) is 13.2. The van der Waals surface area contributed by atoms with Crippen molar-refractivity contribution in [3.8, 4) is 5.75 Å². The first-order valence-corrected chi connectivity index (χ1v) is 9.40. The summed E-state index contributed by atoms with van der Waals surface area (Å²) in [5, 5.41) is 4.15. The van der Waals surface area contributed by atoms with Gasteiger partial charge in [0, 0.05) is 5.02 Å². The predicted molar refractivity (Wildman–Crippen MR) is 110 cm³/mol. The number of anilines is 4. The summed E-state index contributed by atoms with van der Waals surface area (Å²) in [6.07, 6.45) is 4.22. The molecule has 0 radical (unpaired) electrons. The Morgan fingerprint density at radius 3 is 2.74 bits per heavy atom. The van der Waals surface area contributed by atoms with Crippen molar-refractivity contribution in [2.75, 3.05) is 23.4 Å². The van der Waals surface area contributed by atoms with Gasteiger partial charge in [-0.3, -0.25) is 0 Å². The van der Waals surface area contributed by atoms with E-state index in [0.29, 0.717) is 13.2 Å². The Hall–Kier alpha value is -2.79. The number of nitrogens with one attached hydrogen (secondary N) is 1. The third-order valence-electron chi connectivity index (χ3n) is 4.66. The molecule has 0 unspecified atom stereocenters. The smallest absolute Gasteiger partial charge is 0.160 e. The van der Waals surface area contributed by atoms with Gasteiger partial charge in [-0.25, -0.2) is 9.97 Å². The number of hydrogen-bond acceptors (Lipinski definition) is 5. The normalized spacial score (nSPS) is 12.2. The van der Waals surface area contributed by atoms with Gasteiger partial charge in [0.1, 0.15) is 24.4 Å². The number of fused-ring (bicyclic) bond motifs is 2. The molecule has 6 heteroatoms. The molecule has 1 N–H and O–H groups in total. The van der Waals surface area contributed by atoms with Crippen molar-refractivity contribution < 1.29 is 4.74 Å². The molecule has 0 saturated heterocycles. The zero-order valence-corrected chi connectivity index (χ0v) is 16.1. The molecule has 0 bridgehead atoms. The van der Waals surface area contributed by atoms with E-state index in [9.17, 15) is 0 Å². The average Bonchev–Trinajstić information content (AvgIpc) is 2.68. The van der Waals surface area contributed by atoms with Gasteiger partial charge in [-0.05, 0) is 43.2 Å². The fourth-order valence-corrected chi connectivity index (χ4v) is 3.50. The maximum absolute atomic E-state index is 6.42. The van der Waals surface area contributed by atoms with Gasteiger partial charge >= 0.3 is 0 Å². The minimum absolute atomic E-state index is 0.538. The molecule has 0 amide bonds. The molecule has 1 aliphatic heterocycles. The molecular weight excluding hydrogens is 360 g/mol. The zero-order chi connectivity index (χ0) is 18.8. The molecule has 0 fully saturated rings. The molecule has 3 aromatic rings. The molecule has 0 saturated carbocycles. The number of aromatic nitrogens is 2. The maximum Gasteiger partial charge on any atom is 0.160 e. The van der Waals surface area contributed by atoms with E-state index in [1.807, 2.05) is 30.3 Å². The van der Waals surface area contributed by atoms with E-state index in [2.05, 4.69) is 40.1 Å². The van der Waals surface area contributed by atoms with E-state index in [1.165, 1.54) is 5.56 Å². The highest BCUT2D eigenvalue weighted by atomic mass is 35.5. The lowest BCUT2D eigenvalue weighted by Crippen LogP contribution is -2.28. The fraction of sp³-hybridized carbons (Fsp3) is 0.238. The average molecular weight is 381 g/mol. The van der Waals surface area contributed by atoms with Crippen LogP contribution in [0.5, 0.6) is 5.75 Å². The number of ether oxygens (including phenoxy) is 1. The van der Waals surface area contributed by atoms with Crippen LogP contribution in [-0.2, 0) is 6.42 Å². The van der Waals surface area contributed by atoms with Crippen molar-refractivity contribution in [3.05, 3.63) is 65.1 Å². The third kappa shape index (κ3) is 3.55. The van der Waals surface area contributed by atoms with Gasteiger partial charge in [0.25, 0.3) is 0 Å². The quantitative estimate of drug-likeness (QED) is 0.653. The van der Waals surface area contributed by atoms with Crippen LogP contribution in [0.4, 0.5) is 22.9 Å². The van der Waals surface area contributed by atoms with Crippen LogP contribution >= 0.6 is 11.6 Å². The summed E-state index contributed by atoms with van der Waals surface area (Å²) in [4.78, 5) is 10.8. The molecular formula is C21H21ClN4O. The molecule has 2 aromatic carbocycles. The zero-order valence-electron chi connectivity index (χ0n) is 15.4. The second kappa shape index (κ2) is 7.45. The van der Waals surface area contributed by atoms with Gasteiger partial charge in [-0.15, -0.1) is 0 Å². The Balaban J connectivity index is 1.61. The number of aryl methyl sites for hydroxylation is 2. The Labute approximate surface area is 164 Å². The van der Waals surface area contributed by atoms with Crippen molar-refractivity contribution in [2.24, 2.45) is 0 Å². The van der Waals surface area contributed by atoms with Crippen LogP contribution < -0.4 is 15.0 Å². The van der Waals surface area contributed by atoms with E-state index >= 15 is 0 Å². The lowest BCUT2D eigenvalue weighted by molar-refractivity contribution is 0.327. The van der Waals surface area contributed by atoms with Crippen LogP contribution in [0.3, 0.4) is 0 Å². The van der Waals surface area contributed by atoms with Crippen LogP contribution in [0.25, 0.3) is 0 Å². The Kier molecular flexibility index (Phi) is 4.86. The lowest BCUT2D eigenvalue weighted by atomic mass is 10.1. The van der Waals surface area contributed by atoms with E-state index in [4.69, 9.17) is 16.3 Å². The topological polar surface area (TPSA) is 50.3 Å². The SMILES string of the molecule is CCc1cc2c(cc1Cl)Nc1cncnc1N2CCOc1ccc(C)cc1. The Morgan fingerprint density at radius 2 is 1.96 bits per heavy atom. The van der Waals surface area contributed by atoms with E-state index in [-0.39, 0.29) is 0 Å². The highest BCUT2D eigenvalue weighted by Gasteiger charge is 2.25. The number of rotatable bonds is 5. The maximum atomic E-state index is 6.42. The van der Waals surface area contributed by atoms with Gasteiger partial charge in [-0.1, -0.05) is 36.2 Å². The number of benzene rings is 2. The highest BCUT2D eigenvalue weighted by molar-refractivity contribution is 6.32. The summed E-state index contributed by atoms with van der Waals surface area (Å²) < 4.78 is 5.94. The Bertz CT molecular complexity index is 959. The summed E-state index contributed by atoms with van der Waals surface area (Å²) in [5.41, 5.74) is 5.19. The van der Waals surface area contributed by atoms with Gasteiger partial charge in [0.05, 0.1) is 24.1 Å². The molecule has 5 nitrogen and oxygen atoms in total. The monoisotopic (exact) mass is 380 g/mol. The molecule has 1 aliphatic rings. The van der Waals surface area contributed by atoms with Crippen molar-refractivity contribution in [2.45, 2.75) is 20.3 Å². The Morgan fingerprint density at radius 1 is 1.15 bits per heavy atom. The number of nitrogens with zero attached hydrogens (tertiary/aromatic N) is 3.